The molecule has 0 saturated heterocycles. The molecule has 2 aromatic carbocycles. The molecule has 0 aliphatic carbocycles. The van der Waals surface area contributed by atoms with E-state index in [1.165, 1.54) is 0 Å². The third kappa shape index (κ3) is 2.63. The van der Waals surface area contributed by atoms with E-state index in [2.05, 4.69) is 5.32 Å². The topological polar surface area (TPSA) is 66.0 Å². The number of benzene rings is 2. The first-order valence-electron chi connectivity index (χ1n) is 6.47. The van der Waals surface area contributed by atoms with Gasteiger partial charge in [-0.3, -0.25) is 4.79 Å². The van der Waals surface area contributed by atoms with E-state index in [0.29, 0.717) is 16.8 Å². The molecule has 3 rings (SSSR count). The molecule has 1 amide bonds. The molecule has 0 fully saturated rings. The smallest absolute Gasteiger partial charge is 0.291 e. The van der Waals surface area contributed by atoms with Gasteiger partial charge >= 0.3 is 0 Å². The molecule has 1 aromatic heterocycles. The number of anilines is 1. The first-order valence-corrected chi connectivity index (χ1v) is 6.47. The van der Waals surface area contributed by atoms with Crippen LogP contribution >= 0.6 is 0 Å². The fraction of sp³-hybridized carbons (Fsp3) is 0.0588. The SMILES string of the molecule is Cc1ccc2oc(C(=O)Nc3cccc(C#N)c3)cc2c1. The number of hydrogen-bond acceptors (Lipinski definition) is 3. The highest BCUT2D eigenvalue weighted by atomic mass is 16.3. The van der Waals surface area contributed by atoms with Crippen molar-refractivity contribution in [2.45, 2.75) is 6.92 Å². The summed E-state index contributed by atoms with van der Waals surface area (Å²) in [6, 6.07) is 16.2. The van der Waals surface area contributed by atoms with Gasteiger partial charge in [-0.25, -0.2) is 0 Å². The lowest BCUT2D eigenvalue weighted by molar-refractivity contribution is 0.0998. The Labute approximate surface area is 121 Å². The first kappa shape index (κ1) is 12.9. The van der Waals surface area contributed by atoms with Gasteiger partial charge in [0.2, 0.25) is 0 Å². The quantitative estimate of drug-likeness (QED) is 0.772. The van der Waals surface area contributed by atoms with Crippen LogP contribution in [-0.2, 0) is 0 Å². The van der Waals surface area contributed by atoms with Gasteiger partial charge in [0.15, 0.2) is 5.76 Å². The van der Waals surface area contributed by atoms with Crippen molar-refractivity contribution >= 4 is 22.6 Å². The van der Waals surface area contributed by atoms with Crippen molar-refractivity contribution in [1.82, 2.24) is 0 Å². The standard InChI is InChI=1S/C17H12N2O2/c1-11-5-6-15-13(7-11)9-16(21-15)17(20)19-14-4-2-3-12(8-14)10-18/h2-9H,1H3,(H,19,20). The number of amides is 1. The molecule has 102 valence electrons. The van der Waals surface area contributed by atoms with Gasteiger partial charge in [0.1, 0.15) is 5.58 Å². The highest BCUT2D eigenvalue weighted by Crippen LogP contribution is 2.21. The van der Waals surface area contributed by atoms with Crippen LogP contribution in [0.15, 0.2) is 52.9 Å². The highest BCUT2D eigenvalue weighted by Gasteiger charge is 2.12. The summed E-state index contributed by atoms with van der Waals surface area (Å²) in [7, 11) is 0. The molecule has 0 spiro atoms. The van der Waals surface area contributed by atoms with Crippen molar-refractivity contribution in [3.8, 4) is 6.07 Å². The number of carbonyl (C=O) groups is 1. The lowest BCUT2D eigenvalue weighted by atomic mass is 10.2. The van der Waals surface area contributed by atoms with E-state index < -0.39 is 0 Å². The Kier molecular flexibility index (Phi) is 3.17. The van der Waals surface area contributed by atoms with Crippen LogP contribution < -0.4 is 5.32 Å². The van der Waals surface area contributed by atoms with Gasteiger partial charge < -0.3 is 9.73 Å². The van der Waals surface area contributed by atoms with Crippen LogP contribution in [0.1, 0.15) is 21.7 Å². The van der Waals surface area contributed by atoms with E-state index >= 15 is 0 Å². The number of rotatable bonds is 2. The molecule has 0 atom stereocenters. The van der Waals surface area contributed by atoms with E-state index in [1.807, 2.05) is 31.2 Å². The number of aryl methyl sites for hydroxylation is 1. The minimum absolute atomic E-state index is 0.248. The summed E-state index contributed by atoms with van der Waals surface area (Å²) in [5.74, 6) is -0.0862. The number of nitrogens with one attached hydrogen (secondary N) is 1. The third-order valence-electron chi connectivity index (χ3n) is 3.15. The zero-order valence-corrected chi connectivity index (χ0v) is 11.4. The zero-order valence-electron chi connectivity index (χ0n) is 11.4. The monoisotopic (exact) mass is 276 g/mol. The van der Waals surface area contributed by atoms with Crippen molar-refractivity contribution in [2.75, 3.05) is 5.32 Å². The van der Waals surface area contributed by atoms with Crippen LogP contribution in [0.3, 0.4) is 0 Å². The Bertz CT molecular complexity index is 872. The van der Waals surface area contributed by atoms with Gasteiger partial charge in [0.05, 0.1) is 11.6 Å². The van der Waals surface area contributed by atoms with Crippen LogP contribution in [0.25, 0.3) is 11.0 Å². The Morgan fingerprint density at radius 2 is 2.05 bits per heavy atom. The van der Waals surface area contributed by atoms with E-state index in [-0.39, 0.29) is 11.7 Å². The molecular formula is C17H12N2O2. The Morgan fingerprint density at radius 3 is 2.86 bits per heavy atom. The van der Waals surface area contributed by atoms with Gasteiger partial charge in [-0.15, -0.1) is 0 Å². The van der Waals surface area contributed by atoms with E-state index in [1.54, 1.807) is 30.3 Å². The van der Waals surface area contributed by atoms with Gasteiger partial charge in [-0.2, -0.15) is 5.26 Å². The number of nitriles is 1. The number of carbonyl (C=O) groups excluding carboxylic acids is 1. The maximum atomic E-state index is 12.2. The van der Waals surface area contributed by atoms with Crippen LogP contribution in [0.5, 0.6) is 0 Å². The Balaban J connectivity index is 1.88. The predicted octanol–water partition coefficient (Wildman–Crippen LogP) is 3.87. The maximum absolute atomic E-state index is 12.2. The fourth-order valence-electron chi connectivity index (χ4n) is 2.13. The molecule has 3 aromatic rings. The van der Waals surface area contributed by atoms with Crippen molar-refractivity contribution in [2.24, 2.45) is 0 Å². The molecule has 0 saturated carbocycles. The lowest BCUT2D eigenvalue weighted by Crippen LogP contribution is -2.10. The van der Waals surface area contributed by atoms with Gasteiger partial charge in [-0.1, -0.05) is 17.7 Å². The Morgan fingerprint density at radius 1 is 1.19 bits per heavy atom. The number of nitrogens with zero attached hydrogens (tertiary/aromatic N) is 1. The van der Waals surface area contributed by atoms with Crippen LogP contribution in [-0.4, -0.2) is 5.91 Å². The fourth-order valence-corrected chi connectivity index (χ4v) is 2.13. The normalized spacial score (nSPS) is 10.3. The number of hydrogen-bond donors (Lipinski definition) is 1. The van der Waals surface area contributed by atoms with Crippen molar-refractivity contribution < 1.29 is 9.21 Å². The van der Waals surface area contributed by atoms with Crippen molar-refractivity contribution in [3.05, 3.63) is 65.4 Å². The van der Waals surface area contributed by atoms with E-state index in [9.17, 15) is 4.79 Å². The summed E-state index contributed by atoms with van der Waals surface area (Å²) in [4.78, 5) is 12.2. The van der Waals surface area contributed by atoms with Crippen molar-refractivity contribution in [1.29, 1.82) is 5.26 Å². The summed E-state index contributed by atoms with van der Waals surface area (Å²) in [5, 5.41) is 12.5. The summed E-state index contributed by atoms with van der Waals surface area (Å²) in [6.45, 7) is 1.99. The van der Waals surface area contributed by atoms with E-state index in [0.717, 1.165) is 10.9 Å². The molecular weight excluding hydrogens is 264 g/mol. The third-order valence-corrected chi connectivity index (χ3v) is 3.15. The Hall–Kier alpha value is -3.06. The van der Waals surface area contributed by atoms with Gasteiger partial charge in [0, 0.05) is 11.1 Å². The second kappa shape index (κ2) is 5.14. The molecule has 0 aliphatic rings. The minimum Gasteiger partial charge on any atom is -0.451 e. The van der Waals surface area contributed by atoms with Gasteiger partial charge in [0.25, 0.3) is 5.91 Å². The molecule has 0 aliphatic heterocycles. The molecule has 0 radical (unpaired) electrons. The molecule has 1 N–H and O–H groups in total. The van der Waals surface area contributed by atoms with Crippen LogP contribution in [0, 0.1) is 18.3 Å². The van der Waals surface area contributed by atoms with Gasteiger partial charge in [-0.05, 0) is 43.3 Å². The second-order valence-corrected chi connectivity index (χ2v) is 4.80. The molecule has 0 unspecified atom stereocenters. The average Bonchev–Trinajstić information content (AvgIpc) is 2.90. The molecule has 4 heteroatoms. The molecule has 4 nitrogen and oxygen atoms in total. The minimum atomic E-state index is -0.334. The maximum Gasteiger partial charge on any atom is 0.291 e. The predicted molar refractivity (Wildman–Crippen MR) is 80.1 cm³/mol. The first-order chi connectivity index (χ1) is 10.2. The summed E-state index contributed by atoms with van der Waals surface area (Å²) in [5.41, 5.74) is 2.84. The van der Waals surface area contributed by atoms with Crippen LogP contribution in [0.4, 0.5) is 5.69 Å². The largest absolute Gasteiger partial charge is 0.451 e. The van der Waals surface area contributed by atoms with Crippen LogP contribution in [0.2, 0.25) is 0 Å². The highest BCUT2D eigenvalue weighted by molar-refractivity contribution is 6.04. The number of furan rings is 1. The zero-order chi connectivity index (χ0) is 14.8. The summed E-state index contributed by atoms with van der Waals surface area (Å²) >= 11 is 0. The lowest BCUT2D eigenvalue weighted by Gasteiger charge is -2.02. The van der Waals surface area contributed by atoms with Crippen molar-refractivity contribution in [3.63, 3.8) is 0 Å². The summed E-state index contributed by atoms with van der Waals surface area (Å²) in [6.07, 6.45) is 0. The molecule has 0 bridgehead atoms. The second-order valence-electron chi connectivity index (χ2n) is 4.80. The number of fused-ring (bicyclic) bond motifs is 1. The summed E-state index contributed by atoms with van der Waals surface area (Å²) < 4.78 is 5.54. The molecule has 21 heavy (non-hydrogen) atoms. The van der Waals surface area contributed by atoms with E-state index in [4.69, 9.17) is 9.68 Å². The molecule has 1 heterocycles. The average molecular weight is 276 g/mol.